The molecule has 0 amide bonds. The van der Waals surface area contributed by atoms with Crippen LogP contribution in [0.1, 0.15) is 93.9 Å². The van der Waals surface area contributed by atoms with Gasteiger partial charge in [-0.3, -0.25) is 4.79 Å². The molecule has 0 bridgehead atoms. The van der Waals surface area contributed by atoms with Crippen LogP contribution in [0.15, 0.2) is 0 Å². The van der Waals surface area contributed by atoms with Crippen LogP contribution in [0.2, 0.25) is 0 Å². The summed E-state index contributed by atoms with van der Waals surface area (Å²) < 4.78 is 6.21. The van der Waals surface area contributed by atoms with E-state index in [1.807, 2.05) is 0 Å². The van der Waals surface area contributed by atoms with E-state index >= 15 is 0 Å². The molecule has 0 aromatic heterocycles. The molecular weight excluding hydrogens is 260 g/mol. The van der Waals surface area contributed by atoms with E-state index in [9.17, 15) is 4.79 Å². The molecule has 0 aliphatic heterocycles. The number of esters is 1. The van der Waals surface area contributed by atoms with Gasteiger partial charge in [0.25, 0.3) is 0 Å². The summed E-state index contributed by atoms with van der Waals surface area (Å²) in [5.74, 6) is -0.00810. The maximum Gasteiger partial charge on any atom is 0.313 e. The Morgan fingerprint density at radius 3 is 1.67 bits per heavy atom. The Morgan fingerprint density at radius 2 is 1.33 bits per heavy atom. The summed E-state index contributed by atoms with van der Waals surface area (Å²) in [4.78, 5) is 13.2. The molecule has 2 heteroatoms. The highest BCUT2D eigenvalue weighted by Gasteiger charge is 2.55. The summed E-state index contributed by atoms with van der Waals surface area (Å²) in [6.45, 7) is 17.2. The highest BCUT2D eigenvalue weighted by molar-refractivity contribution is 5.79. The van der Waals surface area contributed by atoms with E-state index < -0.39 is 5.41 Å². The molecule has 124 valence electrons. The van der Waals surface area contributed by atoms with E-state index in [-0.39, 0.29) is 22.4 Å². The van der Waals surface area contributed by atoms with Gasteiger partial charge >= 0.3 is 5.97 Å². The summed E-state index contributed by atoms with van der Waals surface area (Å²) in [5.41, 5.74) is -0.982. The van der Waals surface area contributed by atoms with Crippen LogP contribution in [0, 0.1) is 16.2 Å². The molecule has 0 spiro atoms. The van der Waals surface area contributed by atoms with Crippen molar-refractivity contribution in [2.45, 2.75) is 99.5 Å². The quantitative estimate of drug-likeness (QED) is 0.621. The van der Waals surface area contributed by atoms with Crippen molar-refractivity contribution in [2.75, 3.05) is 0 Å². The molecule has 1 rings (SSSR count). The Balaban J connectivity index is 3.08. The molecule has 1 aliphatic rings. The molecular formula is C19H36O2. The van der Waals surface area contributed by atoms with E-state index in [2.05, 4.69) is 55.4 Å². The number of carbonyl (C=O) groups is 1. The Bertz CT molecular complexity index is 348. The zero-order chi connectivity index (χ0) is 16.5. The molecule has 0 heterocycles. The van der Waals surface area contributed by atoms with Crippen LogP contribution in [0.25, 0.3) is 0 Å². The highest BCUT2D eigenvalue weighted by Crippen LogP contribution is 2.53. The number of carbonyl (C=O) groups excluding carboxylic acids is 1. The average Bonchev–Trinajstić information content (AvgIpc) is 2.36. The van der Waals surface area contributed by atoms with Crippen LogP contribution in [0.5, 0.6) is 0 Å². The van der Waals surface area contributed by atoms with Crippen molar-refractivity contribution in [1.29, 1.82) is 0 Å². The molecule has 0 radical (unpaired) electrons. The fourth-order valence-electron chi connectivity index (χ4n) is 3.76. The molecule has 1 fully saturated rings. The van der Waals surface area contributed by atoms with Crippen molar-refractivity contribution in [1.82, 2.24) is 0 Å². The Labute approximate surface area is 132 Å². The van der Waals surface area contributed by atoms with Crippen LogP contribution in [-0.4, -0.2) is 11.6 Å². The lowest BCUT2D eigenvalue weighted by atomic mass is 9.55. The van der Waals surface area contributed by atoms with Gasteiger partial charge in [0.1, 0.15) is 5.60 Å². The lowest BCUT2D eigenvalue weighted by Crippen LogP contribution is -2.53. The SMILES string of the molecule is CCC1(OC(=O)C(C)(C(C)(C)C)C(C)(C)C)CCCCC1. The second-order valence-corrected chi connectivity index (χ2v) is 9.11. The molecule has 0 unspecified atom stereocenters. The van der Waals surface area contributed by atoms with Crippen LogP contribution >= 0.6 is 0 Å². The van der Waals surface area contributed by atoms with Gasteiger partial charge in [0.05, 0.1) is 5.41 Å². The van der Waals surface area contributed by atoms with Gasteiger partial charge in [-0.05, 0) is 49.9 Å². The monoisotopic (exact) mass is 296 g/mol. The van der Waals surface area contributed by atoms with Crippen LogP contribution < -0.4 is 0 Å². The zero-order valence-corrected chi connectivity index (χ0v) is 15.6. The van der Waals surface area contributed by atoms with E-state index in [0.717, 1.165) is 19.3 Å². The molecule has 0 aromatic rings. The number of hydrogen-bond donors (Lipinski definition) is 0. The number of rotatable bonds is 3. The van der Waals surface area contributed by atoms with Crippen molar-refractivity contribution in [3.63, 3.8) is 0 Å². The van der Waals surface area contributed by atoms with Gasteiger partial charge in [-0.1, -0.05) is 54.9 Å². The van der Waals surface area contributed by atoms with Crippen LogP contribution in [-0.2, 0) is 9.53 Å². The third kappa shape index (κ3) is 3.46. The molecule has 2 nitrogen and oxygen atoms in total. The van der Waals surface area contributed by atoms with Crippen molar-refractivity contribution in [3.05, 3.63) is 0 Å². The second kappa shape index (κ2) is 5.93. The largest absolute Gasteiger partial charge is 0.459 e. The molecule has 0 aromatic carbocycles. The predicted molar refractivity (Wildman–Crippen MR) is 89.2 cm³/mol. The number of ether oxygens (including phenoxy) is 1. The van der Waals surface area contributed by atoms with Gasteiger partial charge in [-0.2, -0.15) is 0 Å². The average molecular weight is 296 g/mol. The second-order valence-electron chi connectivity index (χ2n) is 9.11. The molecule has 1 aliphatic carbocycles. The summed E-state index contributed by atoms with van der Waals surface area (Å²) >= 11 is 0. The minimum Gasteiger partial charge on any atom is -0.459 e. The van der Waals surface area contributed by atoms with E-state index in [1.54, 1.807) is 0 Å². The third-order valence-corrected chi connectivity index (χ3v) is 6.13. The van der Waals surface area contributed by atoms with Gasteiger partial charge in [0, 0.05) is 0 Å². The van der Waals surface area contributed by atoms with Gasteiger partial charge in [-0.15, -0.1) is 0 Å². The first-order chi connectivity index (χ1) is 9.40. The maximum absolute atomic E-state index is 13.2. The standard InChI is InChI=1S/C19H36O2/c1-9-19(13-11-10-12-14-19)21-15(20)18(8,16(2,3)4)17(5,6)7/h9-14H2,1-8H3. The highest BCUT2D eigenvalue weighted by atomic mass is 16.6. The van der Waals surface area contributed by atoms with Crippen molar-refractivity contribution < 1.29 is 9.53 Å². The van der Waals surface area contributed by atoms with Gasteiger partial charge in [-0.25, -0.2) is 0 Å². The summed E-state index contributed by atoms with van der Waals surface area (Å²) in [6.07, 6.45) is 6.63. The molecule has 21 heavy (non-hydrogen) atoms. The minimum absolute atomic E-state index is 0.00810. The third-order valence-electron chi connectivity index (χ3n) is 6.13. The van der Waals surface area contributed by atoms with Crippen LogP contribution in [0.3, 0.4) is 0 Å². The molecule has 0 atom stereocenters. The van der Waals surface area contributed by atoms with Crippen molar-refractivity contribution >= 4 is 5.97 Å². The first-order valence-electron chi connectivity index (χ1n) is 8.63. The lowest BCUT2D eigenvalue weighted by molar-refractivity contribution is -0.192. The van der Waals surface area contributed by atoms with Gasteiger partial charge in [0.2, 0.25) is 0 Å². The van der Waals surface area contributed by atoms with Crippen molar-refractivity contribution in [2.24, 2.45) is 16.2 Å². The summed E-state index contributed by atoms with van der Waals surface area (Å²) in [7, 11) is 0. The van der Waals surface area contributed by atoms with E-state index in [1.165, 1.54) is 19.3 Å². The fourth-order valence-corrected chi connectivity index (χ4v) is 3.76. The molecule has 0 saturated heterocycles. The minimum atomic E-state index is -0.500. The lowest BCUT2D eigenvalue weighted by Gasteiger charge is -2.50. The summed E-state index contributed by atoms with van der Waals surface area (Å²) in [5, 5.41) is 0. The summed E-state index contributed by atoms with van der Waals surface area (Å²) in [6, 6.07) is 0. The Morgan fingerprint density at radius 1 is 0.905 bits per heavy atom. The van der Waals surface area contributed by atoms with E-state index in [0.29, 0.717) is 0 Å². The Kier molecular flexibility index (Phi) is 5.23. The fraction of sp³-hybridized carbons (Fsp3) is 0.947. The van der Waals surface area contributed by atoms with Gasteiger partial charge in [0.15, 0.2) is 0 Å². The smallest absolute Gasteiger partial charge is 0.313 e. The molecule has 0 N–H and O–H groups in total. The Hall–Kier alpha value is -0.530. The normalized spacial score (nSPS) is 20.2. The maximum atomic E-state index is 13.2. The zero-order valence-electron chi connectivity index (χ0n) is 15.6. The van der Waals surface area contributed by atoms with Crippen LogP contribution in [0.4, 0.5) is 0 Å². The van der Waals surface area contributed by atoms with Gasteiger partial charge < -0.3 is 4.74 Å². The predicted octanol–water partition coefficient (Wildman–Crippen LogP) is 5.74. The van der Waals surface area contributed by atoms with Crippen molar-refractivity contribution in [3.8, 4) is 0 Å². The molecule has 1 saturated carbocycles. The van der Waals surface area contributed by atoms with E-state index in [4.69, 9.17) is 4.74 Å². The first kappa shape index (κ1) is 18.5. The first-order valence-corrected chi connectivity index (χ1v) is 8.63. The topological polar surface area (TPSA) is 26.3 Å². The number of hydrogen-bond acceptors (Lipinski definition) is 2.